The second kappa shape index (κ2) is 4.75. The Labute approximate surface area is 107 Å². The third kappa shape index (κ3) is 2.97. The zero-order chi connectivity index (χ0) is 12.4. The zero-order valence-electron chi connectivity index (χ0n) is 9.51. The fourth-order valence-electron chi connectivity index (χ4n) is 1.54. The first-order valence-electron chi connectivity index (χ1n) is 5.08. The van der Waals surface area contributed by atoms with Crippen LogP contribution in [-0.2, 0) is 13.5 Å². The number of carbonyl (C=O) groups excluding carboxylic acids is 1. The van der Waals surface area contributed by atoms with Crippen LogP contribution in [0.3, 0.4) is 0 Å². The van der Waals surface area contributed by atoms with Gasteiger partial charge in [0.15, 0.2) is 11.6 Å². The van der Waals surface area contributed by atoms with E-state index >= 15 is 0 Å². The summed E-state index contributed by atoms with van der Waals surface area (Å²) < 4.78 is 0.896. The maximum absolute atomic E-state index is 12.0. The first kappa shape index (κ1) is 11.9. The van der Waals surface area contributed by atoms with Gasteiger partial charge in [-0.2, -0.15) is 4.80 Å². The van der Waals surface area contributed by atoms with E-state index in [9.17, 15) is 4.79 Å². The molecule has 1 aromatic heterocycles. The van der Waals surface area contributed by atoms with Crippen molar-refractivity contribution in [1.29, 1.82) is 0 Å². The second-order valence-electron chi connectivity index (χ2n) is 3.81. The summed E-state index contributed by atoms with van der Waals surface area (Å²) in [6.45, 7) is 1.95. The van der Waals surface area contributed by atoms with Crippen molar-refractivity contribution in [1.82, 2.24) is 20.2 Å². The largest absolute Gasteiger partial charge is 0.294 e. The lowest BCUT2D eigenvalue weighted by Gasteiger charge is -2.01. The Morgan fingerprint density at radius 2 is 2.18 bits per heavy atom. The maximum Gasteiger partial charge on any atom is 0.182 e. The number of benzene rings is 1. The van der Waals surface area contributed by atoms with Gasteiger partial charge in [-0.1, -0.05) is 15.9 Å². The number of nitrogens with zero attached hydrogens (tertiary/aromatic N) is 4. The molecule has 0 bridgehead atoms. The highest BCUT2D eigenvalue weighted by Crippen LogP contribution is 2.16. The van der Waals surface area contributed by atoms with E-state index in [1.165, 1.54) is 4.80 Å². The average Bonchev–Trinajstić information content (AvgIpc) is 2.62. The second-order valence-corrected chi connectivity index (χ2v) is 4.73. The molecule has 1 aromatic carbocycles. The summed E-state index contributed by atoms with van der Waals surface area (Å²) in [6, 6.07) is 5.60. The Morgan fingerprint density at radius 1 is 1.41 bits per heavy atom. The SMILES string of the molecule is Cc1cc(Br)cc(C(=O)Cc2nnn(C)n2)c1. The molecule has 0 aliphatic heterocycles. The molecule has 6 heteroatoms. The number of halogens is 1. The molecule has 2 aromatic rings. The standard InChI is InChI=1S/C11H11BrN4O/c1-7-3-8(5-9(12)4-7)10(17)6-11-13-15-16(2)14-11/h3-5H,6H2,1-2H3. The number of carbonyl (C=O) groups is 1. The van der Waals surface area contributed by atoms with E-state index in [1.807, 2.05) is 19.1 Å². The fraction of sp³-hybridized carbons (Fsp3) is 0.273. The smallest absolute Gasteiger partial charge is 0.182 e. The Balaban J connectivity index is 2.19. The minimum atomic E-state index is -0.0117. The van der Waals surface area contributed by atoms with Gasteiger partial charge in [0.25, 0.3) is 0 Å². The van der Waals surface area contributed by atoms with Crippen LogP contribution in [0.15, 0.2) is 22.7 Å². The van der Waals surface area contributed by atoms with Crippen LogP contribution >= 0.6 is 15.9 Å². The summed E-state index contributed by atoms with van der Waals surface area (Å²) in [5.41, 5.74) is 1.69. The highest BCUT2D eigenvalue weighted by molar-refractivity contribution is 9.10. The Kier molecular flexibility index (Phi) is 3.33. The van der Waals surface area contributed by atoms with Gasteiger partial charge in [0, 0.05) is 10.0 Å². The summed E-state index contributed by atoms with van der Waals surface area (Å²) in [5.74, 6) is 0.428. The van der Waals surface area contributed by atoms with Crippen molar-refractivity contribution in [2.75, 3.05) is 0 Å². The molecule has 17 heavy (non-hydrogen) atoms. The summed E-state index contributed by atoms with van der Waals surface area (Å²) in [7, 11) is 1.67. The van der Waals surface area contributed by atoms with Crippen molar-refractivity contribution in [3.63, 3.8) is 0 Å². The van der Waals surface area contributed by atoms with Crippen molar-refractivity contribution in [2.24, 2.45) is 7.05 Å². The van der Waals surface area contributed by atoms with Gasteiger partial charge in [-0.15, -0.1) is 10.2 Å². The molecular formula is C11H11BrN4O. The van der Waals surface area contributed by atoms with Crippen LogP contribution in [0.5, 0.6) is 0 Å². The van der Waals surface area contributed by atoms with E-state index in [-0.39, 0.29) is 12.2 Å². The predicted molar refractivity (Wildman–Crippen MR) is 65.7 cm³/mol. The Hall–Kier alpha value is -1.56. The molecular weight excluding hydrogens is 284 g/mol. The van der Waals surface area contributed by atoms with E-state index in [4.69, 9.17) is 0 Å². The topological polar surface area (TPSA) is 60.7 Å². The molecule has 0 aliphatic rings. The molecule has 0 spiro atoms. The van der Waals surface area contributed by atoms with E-state index in [0.717, 1.165) is 10.0 Å². The molecule has 0 radical (unpaired) electrons. The zero-order valence-corrected chi connectivity index (χ0v) is 11.1. The summed E-state index contributed by atoms with van der Waals surface area (Å²) in [5, 5.41) is 11.5. The van der Waals surface area contributed by atoms with Gasteiger partial charge in [0.2, 0.25) is 0 Å². The Morgan fingerprint density at radius 3 is 2.76 bits per heavy atom. The van der Waals surface area contributed by atoms with Gasteiger partial charge in [0.1, 0.15) is 0 Å². The number of hydrogen-bond acceptors (Lipinski definition) is 4. The summed E-state index contributed by atoms with van der Waals surface area (Å²) in [6.07, 6.45) is 0.170. The van der Waals surface area contributed by atoms with Crippen molar-refractivity contribution in [3.8, 4) is 0 Å². The van der Waals surface area contributed by atoms with E-state index in [1.54, 1.807) is 13.1 Å². The van der Waals surface area contributed by atoms with Crippen molar-refractivity contribution < 1.29 is 4.79 Å². The highest BCUT2D eigenvalue weighted by Gasteiger charge is 2.11. The van der Waals surface area contributed by atoms with Crippen LogP contribution in [0.1, 0.15) is 21.7 Å². The van der Waals surface area contributed by atoms with Crippen LogP contribution in [0.25, 0.3) is 0 Å². The molecule has 0 amide bonds. The molecule has 0 fully saturated rings. The third-order valence-corrected chi connectivity index (χ3v) is 2.69. The minimum absolute atomic E-state index is 0.0117. The number of aromatic nitrogens is 4. The van der Waals surface area contributed by atoms with Crippen LogP contribution in [0.4, 0.5) is 0 Å². The van der Waals surface area contributed by atoms with Gasteiger partial charge in [0.05, 0.1) is 13.5 Å². The van der Waals surface area contributed by atoms with Crippen molar-refractivity contribution >= 4 is 21.7 Å². The van der Waals surface area contributed by atoms with E-state index in [0.29, 0.717) is 11.4 Å². The molecule has 0 saturated heterocycles. The molecule has 1 heterocycles. The molecule has 0 unspecified atom stereocenters. The quantitative estimate of drug-likeness (QED) is 0.809. The fourth-order valence-corrected chi connectivity index (χ4v) is 2.14. The molecule has 0 atom stereocenters. The maximum atomic E-state index is 12.0. The summed E-state index contributed by atoms with van der Waals surface area (Å²) >= 11 is 3.37. The first-order chi connectivity index (χ1) is 8.04. The molecule has 0 aliphatic carbocycles. The number of hydrogen-bond donors (Lipinski definition) is 0. The van der Waals surface area contributed by atoms with Gasteiger partial charge < -0.3 is 0 Å². The molecule has 5 nitrogen and oxygen atoms in total. The van der Waals surface area contributed by atoms with Gasteiger partial charge >= 0.3 is 0 Å². The third-order valence-electron chi connectivity index (χ3n) is 2.23. The lowest BCUT2D eigenvalue weighted by atomic mass is 10.1. The minimum Gasteiger partial charge on any atom is -0.294 e. The van der Waals surface area contributed by atoms with Crippen LogP contribution in [0, 0.1) is 6.92 Å². The Bertz CT molecular complexity index is 544. The van der Waals surface area contributed by atoms with Crippen LogP contribution in [0.2, 0.25) is 0 Å². The first-order valence-corrected chi connectivity index (χ1v) is 5.87. The van der Waals surface area contributed by atoms with Crippen molar-refractivity contribution in [2.45, 2.75) is 13.3 Å². The van der Waals surface area contributed by atoms with Gasteiger partial charge in [-0.25, -0.2) is 0 Å². The van der Waals surface area contributed by atoms with E-state index in [2.05, 4.69) is 31.3 Å². The molecule has 2 rings (SSSR count). The highest BCUT2D eigenvalue weighted by atomic mass is 79.9. The van der Waals surface area contributed by atoms with Gasteiger partial charge in [-0.05, 0) is 35.9 Å². The average molecular weight is 295 g/mol. The predicted octanol–water partition coefficient (Wildman–Crippen LogP) is 1.71. The lowest BCUT2D eigenvalue weighted by molar-refractivity contribution is 0.0990. The number of Topliss-reactive ketones (excluding diaryl/α,β-unsaturated/α-hetero) is 1. The number of ketones is 1. The van der Waals surface area contributed by atoms with Crippen molar-refractivity contribution in [3.05, 3.63) is 39.6 Å². The van der Waals surface area contributed by atoms with Crippen LogP contribution < -0.4 is 0 Å². The lowest BCUT2D eigenvalue weighted by Crippen LogP contribution is -2.06. The molecule has 0 saturated carbocycles. The normalized spacial score (nSPS) is 10.5. The number of aryl methyl sites for hydroxylation is 2. The van der Waals surface area contributed by atoms with Gasteiger partial charge in [-0.3, -0.25) is 4.79 Å². The summed E-state index contributed by atoms with van der Waals surface area (Å²) in [4.78, 5) is 13.3. The number of tetrazole rings is 1. The monoisotopic (exact) mass is 294 g/mol. The molecule has 0 N–H and O–H groups in total. The van der Waals surface area contributed by atoms with E-state index < -0.39 is 0 Å². The number of rotatable bonds is 3. The van der Waals surface area contributed by atoms with Crippen LogP contribution in [-0.4, -0.2) is 26.0 Å². The molecule has 88 valence electrons.